The first-order chi connectivity index (χ1) is 8.77. The van der Waals surface area contributed by atoms with Crippen molar-refractivity contribution >= 4 is 16.5 Å². The molecule has 2 N–H and O–H groups in total. The number of rotatable bonds is 1. The van der Waals surface area contributed by atoms with Gasteiger partial charge in [-0.3, -0.25) is 5.73 Å². The maximum absolute atomic E-state index is 6.23. The van der Waals surface area contributed by atoms with Gasteiger partial charge in [0.25, 0.3) is 0 Å². The lowest BCUT2D eigenvalue weighted by Gasteiger charge is -2.48. The Morgan fingerprint density at radius 1 is 1.39 bits per heavy atom. The standard InChI is InChI=1S/C13H19N3OS/c14-11-16(12-15-5-6-18-12)8-13(17-11)7-9-1-3-10(13)4-2-9/h5-6,9-11H,1-4,7-8,14H2. The zero-order valence-corrected chi connectivity index (χ0v) is 11.2. The molecule has 1 spiro atoms. The van der Waals surface area contributed by atoms with Crippen LogP contribution in [0.4, 0.5) is 5.13 Å². The van der Waals surface area contributed by atoms with Crippen LogP contribution in [0, 0.1) is 11.8 Å². The third kappa shape index (κ3) is 1.54. The average Bonchev–Trinajstić information content (AvgIpc) is 2.99. The molecular weight excluding hydrogens is 246 g/mol. The number of aromatic nitrogens is 1. The summed E-state index contributed by atoms with van der Waals surface area (Å²) in [6.45, 7) is 0.933. The van der Waals surface area contributed by atoms with Crippen molar-refractivity contribution in [3.8, 4) is 0 Å². The smallest absolute Gasteiger partial charge is 0.188 e. The zero-order valence-electron chi connectivity index (χ0n) is 10.4. The molecular formula is C13H19N3OS. The lowest BCUT2D eigenvalue weighted by atomic mass is 9.62. The highest BCUT2D eigenvalue weighted by Crippen LogP contribution is 2.52. The monoisotopic (exact) mass is 265 g/mol. The fraction of sp³-hybridized carbons (Fsp3) is 0.769. The van der Waals surface area contributed by atoms with E-state index >= 15 is 0 Å². The Hall–Kier alpha value is -0.650. The fourth-order valence-corrected chi connectivity index (χ4v) is 4.81. The highest BCUT2D eigenvalue weighted by atomic mass is 32.1. The molecule has 3 aliphatic carbocycles. The predicted molar refractivity (Wildman–Crippen MR) is 71.3 cm³/mol. The van der Waals surface area contributed by atoms with Crippen LogP contribution in [0.2, 0.25) is 0 Å². The van der Waals surface area contributed by atoms with Gasteiger partial charge in [0.15, 0.2) is 11.5 Å². The van der Waals surface area contributed by atoms with E-state index in [0.29, 0.717) is 5.92 Å². The summed E-state index contributed by atoms with van der Waals surface area (Å²) >= 11 is 1.65. The molecule has 1 aromatic heterocycles. The molecule has 1 aromatic rings. The summed E-state index contributed by atoms with van der Waals surface area (Å²) in [6, 6.07) is 0. The molecule has 4 fully saturated rings. The maximum Gasteiger partial charge on any atom is 0.188 e. The van der Waals surface area contributed by atoms with Gasteiger partial charge in [-0.1, -0.05) is 0 Å². The van der Waals surface area contributed by atoms with Crippen LogP contribution in [0.3, 0.4) is 0 Å². The molecule has 2 bridgehead atoms. The van der Waals surface area contributed by atoms with E-state index in [1.54, 1.807) is 11.3 Å². The molecule has 0 radical (unpaired) electrons. The van der Waals surface area contributed by atoms with E-state index < -0.39 is 0 Å². The van der Waals surface area contributed by atoms with E-state index in [0.717, 1.165) is 17.6 Å². The van der Waals surface area contributed by atoms with E-state index in [2.05, 4.69) is 9.88 Å². The van der Waals surface area contributed by atoms with E-state index in [9.17, 15) is 0 Å². The van der Waals surface area contributed by atoms with E-state index in [-0.39, 0.29) is 12.0 Å². The van der Waals surface area contributed by atoms with Gasteiger partial charge < -0.3 is 9.64 Å². The van der Waals surface area contributed by atoms with Crippen molar-refractivity contribution < 1.29 is 4.74 Å². The van der Waals surface area contributed by atoms with Crippen molar-refractivity contribution in [2.24, 2.45) is 17.6 Å². The number of thiazole rings is 1. The molecule has 5 rings (SSSR count). The van der Waals surface area contributed by atoms with Crippen molar-refractivity contribution in [3.63, 3.8) is 0 Å². The summed E-state index contributed by atoms with van der Waals surface area (Å²) in [5.74, 6) is 1.57. The summed E-state index contributed by atoms with van der Waals surface area (Å²) in [5, 5.41) is 3.00. The van der Waals surface area contributed by atoms with Crippen molar-refractivity contribution in [2.75, 3.05) is 11.4 Å². The Balaban J connectivity index is 1.62. The minimum absolute atomic E-state index is 0.0201. The molecule has 0 aromatic carbocycles. The van der Waals surface area contributed by atoms with Gasteiger partial charge in [-0.05, 0) is 43.9 Å². The fourth-order valence-electron chi connectivity index (χ4n) is 4.14. The molecule has 2 atom stereocenters. The summed E-state index contributed by atoms with van der Waals surface area (Å²) in [4.78, 5) is 6.52. The second-order valence-corrected chi connectivity index (χ2v) is 6.81. The van der Waals surface area contributed by atoms with Crippen LogP contribution in [0.25, 0.3) is 0 Å². The van der Waals surface area contributed by atoms with Gasteiger partial charge in [-0.25, -0.2) is 4.98 Å². The molecule has 3 saturated carbocycles. The first-order valence-electron chi connectivity index (χ1n) is 6.86. The molecule has 5 heteroatoms. The van der Waals surface area contributed by atoms with Crippen LogP contribution in [0.1, 0.15) is 32.1 Å². The van der Waals surface area contributed by atoms with Crippen LogP contribution in [0.5, 0.6) is 0 Å². The summed E-state index contributed by atoms with van der Waals surface area (Å²) < 4.78 is 6.23. The third-order valence-corrected chi connectivity index (χ3v) is 5.80. The van der Waals surface area contributed by atoms with Crippen LogP contribution < -0.4 is 10.6 Å². The van der Waals surface area contributed by atoms with E-state index in [1.165, 1.54) is 32.1 Å². The molecule has 2 unspecified atom stereocenters. The second-order valence-electron chi connectivity index (χ2n) is 5.94. The number of nitrogens with two attached hydrogens (primary N) is 1. The Morgan fingerprint density at radius 2 is 2.22 bits per heavy atom. The minimum Gasteiger partial charge on any atom is -0.336 e. The first kappa shape index (κ1) is 11.2. The van der Waals surface area contributed by atoms with Gasteiger partial charge in [0.2, 0.25) is 0 Å². The van der Waals surface area contributed by atoms with Crippen molar-refractivity contribution in [1.82, 2.24) is 4.98 Å². The summed E-state index contributed by atoms with van der Waals surface area (Å²) in [7, 11) is 0. The molecule has 4 nitrogen and oxygen atoms in total. The van der Waals surface area contributed by atoms with Gasteiger partial charge in [-0.15, -0.1) is 11.3 Å². The van der Waals surface area contributed by atoms with Gasteiger partial charge in [-0.2, -0.15) is 0 Å². The number of ether oxygens (including phenoxy) is 1. The largest absolute Gasteiger partial charge is 0.336 e. The number of fused-ring (bicyclic) bond motifs is 2. The number of anilines is 1. The normalized spacial score (nSPS) is 42.9. The van der Waals surface area contributed by atoms with Crippen molar-refractivity contribution in [3.05, 3.63) is 11.6 Å². The van der Waals surface area contributed by atoms with Crippen LogP contribution in [-0.4, -0.2) is 23.5 Å². The topological polar surface area (TPSA) is 51.4 Å². The molecule has 98 valence electrons. The Labute approximate surface area is 111 Å². The van der Waals surface area contributed by atoms with Gasteiger partial charge in [0, 0.05) is 11.6 Å². The van der Waals surface area contributed by atoms with Crippen molar-refractivity contribution in [2.45, 2.75) is 44.1 Å². The minimum atomic E-state index is -0.310. The SMILES string of the molecule is NC1OC2(CC3CCC2CC3)CN1c1nccs1. The molecule has 0 amide bonds. The van der Waals surface area contributed by atoms with Gasteiger partial charge in [0.05, 0.1) is 12.1 Å². The highest BCUT2D eigenvalue weighted by molar-refractivity contribution is 7.13. The van der Waals surface area contributed by atoms with Crippen LogP contribution >= 0.6 is 11.3 Å². The molecule has 4 aliphatic rings. The second kappa shape index (κ2) is 3.92. The third-order valence-electron chi connectivity index (χ3n) is 4.99. The maximum atomic E-state index is 6.23. The molecule has 18 heavy (non-hydrogen) atoms. The molecule has 1 saturated heterocycles. The van der Waals surface area contributed by atoms with E-state index in [1.807, 2.05) is 11.6 Å². The zero-order chi connectivity index (χ0) is 12.2. The number of hydrogen-bond donors (Lipinski definition) is 1. The summed E-state index contributed by atoms with van der Waals surface area (Å²) in [6.07, 6.45) is 8.16. The predicted octanol–water partition coefficient (Wildman–Crippen LogP) is 2.17. The Morgan fingerprint density at radius 3 is 2.83 bits per heavy atom. The quantitative estimate of drug-likeness (QED) is 0.845. The highest BCUT2D eigenvalue weighted by Gasteiger charge is 2.54. The molecule has 2 heterocycles. The lowest BCUT2D eigenvalue weighted by molar-refractivity contribution is -0.127. The number of hydrogen-bond acceptors (Lipinski definition) is 5. The number of nitrogens with zero attached hydrogens (tertiary/aromatic N) is 2. The van der Waals surface area contributed by atoms with Crippen LogP contribution in [0.15, 0.2) is 11.6 Å². The lowest BCUT2D eigenvalue weighted by Crippen LogP contribution is -2.50. The van der Waals surface area contributed by atoms with E-state index in [4.69, 9.17) is 10.5 Å². The van der Waals surface area contributed by atoms with Gasteiger partial charge >= 0.3 is 0 Å². The Bertz CT molecular complexity index is 429. The average molecular weight is 265 g/mol. The van der Waals surface area contributed by atoms with Crippen molar-refractivity contribution in [1.29, 1.82) is 0 Å². The molecule has 1 aliphatic heterocycles. The Kier molecular flexibility index (Phi) is 2.44. The first-order valence-corrected chi connectivity index (χ1v) is 7.74. The van der Waals surface area contributed by atoms with Crippen LogP contribution in [-0.2, 0) is 4.74 Å². The summed E-state index contributed by atoms with van der Waals surface area (Å²) in [5.41, 5.74) is 6.20. The van der Waals surface area contributed by atoms with Gasteiger partial charge in [0.1, 0.15) is 0 Å².